The summed E-state index contributed by atoms with van der Waals surface area (Å²) in [6.07, 6.45) is -7.22. The maximum Gasteiger partial charge on any atom is 0.297 e. The van der Waals surface area contributed by atoms with Gasteiger partial charge in [0, 0.05) is 10.8 Å². The van der Waals surface area contributed by atoms with E-state index in [1.54, 1.807) is 5.51 Å². The highest BCUT2D eigenvalue weighted by Gasteiger charge is 2.52. The van der Waals surface area contributed by atoms with Crippen LogP contribution in [0.1, 0.15) is 0 Å². The Balaban J connectivity index is 0.000000436. The molecule has 0 unspecified atom stereocenters. The van der Waals surface area contributed by atoms with E-state index in [9.17, 15) is 57.1 Å². The van der Waals surface area contributed by atoms with Crippen molar-refractivity contribution < 1.29 is 102 Å². The Morgan fingerprint density at radius 3 is 0.895 bits per heavy atom. The topological polar surface area (TPSA) is 13.1 Å². The number of alkyl halides is 1. The molecule has 0 aliphatic heterocycles. The van der Waals surface area contributed by atoms with Crippen molar-refractivity contribution in [3.05, 3.63) is 146 Å². The van der Waals surface area contributed by atoms with E-state index in [1.807, 2.05) is 24.3 Å². The summed E-state index contributed by atoms with van der Waals surface area (Å²) in [5, 5.41) is 0. The number of nitrogens with zero attached hydrogens (tertiary/aromatic N) is 1. The van der Waals surface area contributed by atoms with E-state index in [4.69, 9.17) is 4.84 Å². The largest absolute Gasteiger partial charge is 0.297 e. The first-order valence-electron chi connectivity index (χ1n) is 14.4. The van der Waals surface area contributed by atoms with Crippen molar-refractivity contribution in [1.29, 1.82) is 0 Å². The van der Waals surface area contributed by atoms with Crippen molar-refractivity contribution in [2.75, 3.05) is 6.86 Å². The van der Waals surface area contributed by atoms with Crippen LogP contribution in [0.5, 0.6) is 0 Å². The van der Waals surface area contributed by atoms with Crippen LogP contribution in [0.2, 0.25) is 0 Å². The van der Waals surface area contributed by atoms with Gasteiger partial charge in [-0.05, 0) is 6.07 Å². The van der Waals surface area contributed by atoms with Gasteiger partial charge in [-0.2, -0.15) is 4.39 Å². The van der Waals surface area contributed by atoms with Gasteiger partial charge < -0.3 is 0 Å². The second-order valence-electron chi connectivity index (χ2n) is 11.1. The molecule has 302 valence electrons. The maximum absolute atomic E-state index is 15.4. The highest BCUT2D eigenvalue weighted by atomic mass is 32.1. The fraction of sp³-hybridized carbons (Fsp3) is 0.0312. The Morgan fingerprint density at radius 2 is 0.632 bits per heavy atom. The first-order chi connectivity index (χ1) is 26.6. The van der Waals surface area contributed by atoms with Crippen LogP contribution >= 0.6 is 11.3 Å². The molecule has 1 aromatic heterocycles. The Morgan fingerprint density at radius 1 is 0.386 bits per heavy atom. The average molecular weight is 863 g/mol. The minimum Gasteiger partial charge on any atom is -0.236 e. The molecule has 0 bridgehead atoms. The summed E-state index contributed by atoms with van der Waals surface area (Å²) in [6, 6.07) is 7.70. The lowest BCUT2D eigenvalue weighted by Crippen LogP contribution is -2.81. The molecule has 6 aromatic rings. The lowest BCUT2D eigenvalue weighted by atomic mass is 9.12. The van der Waals surface area contributed by atoms with E-state index >= 15 is 35.1 Å². The first-order valence-corrected chi connectivity index (χ1v) is 15.3. The number of hydrogen-bond acceptors (Lipinski definition) is 2. The molecule has 0 fully saturated rings. The zero-order valence-corrected chi connectivity index (χ0v) is 27.2. The van der Waals surface area contributed by atoms with Gasteiger partial charge in [-0.3, -0.25) is 0 Å². The SMILES string of the molecule is FCO[n+]1csc2ccccc21.Fc1c(F)c(F)c([B-](c2c(F)c(F)c(F)c(F)c2F)(c2c(F)c(F)c(F)c(F)c2F)c2c(F)c(F)c(F)c(F)c2F)c(F)c1F. The summed E-state index contributed by atoms with van der Waals surface area (Å²) in [6.45, 7) is -0.800. The van der Waals surface area contributed by atoms with Crippen LogP contribution in [0.25, 0.3) is 10.2 Å². The molecule has 0 aliphatic rings. The van der Waals surface area contributed by atoms with Crippen molar-refractivity contribution in [1.82, 2.24) is 0 Å². The van der Waals surface area contributed by atoms with Crippen molar-refractivity contribution in [3.8, 4) is 0 Å². The second kappa shape index (κ2) is 15.4. The van der Waals surface area contributed by atoms with Crippen LogP contribution in [-0.4, -0.2) is 13.0 Å². The Hall–Kier alpha value is -5.62. The Bertz CT molecular complexity index is 2230. The molecule has 2 nitrogen and oxygen atoms in total. The maximum atomic E-state index is 15.4. The lowest BCUT2D eigenvalue weighted by molar-refractivity contribution is -0.872. The smallest absolute Gasteiger partial charge is 0.236 e. The van der Waals surface area contributed by atoms with Gasteiger partial charge in [0.15, 0.2) is 69.8 Å². The minimum atomic E-state index is -7.22. The number of fused-ring (bicyclic) bond motifs is 1. The van der Waals surface area contributed by atoms with Gasteiger partial charge >= 0.3 is 0 Å². The van der Waals surface area contributed by atoms with Gasteiger partial charge in [0.25, 0.3) is 17.9 Å². The van der Waals surface area contributed by atoms with Gasteiger partial charge in [-0.25, -0.2) is 92.6 Å². The molecular weight excluding hydrogens is 856 g/mol. The quantitative estimate of drug-likeness (QED) is 0.0561. The van der Waals surface area contributed by atoms with Crippen LogP contribution in [0.3, 0.4) is 0 Å². The Labute approximate surface area is 304 Å². The van der Waals surface area contributed by atoms with E-state index in [0.717, 1.165) is 10.2 Å². The molecule has 0 spiro atoms. The summed E-state index contributed by atoms with van der Waals surface area (Å²) >= 11 is 1.53. The van der Waals surface area contributed by atoms with Crippen molar-refractivity contribution >= 4 is 49.6 Å². The molecule has 0 atom stereocenters. The number of halogens is 21. The fourth-order valence-electron chi connectivity index (χ4n) is 5.93. The van der Waals surface area contributed by atoms with E-state index in [-0.39, 0.29) is 0 Å². The van der Waals surface area contributed by atoms with Gasteiger partial charge in [0.05, 0.1) is 0 Å². The first kappa shape index (κ1) is 42.5. The normalized spacial score (nSPS) is 11.7. The fourth-order valence-corrected chi connectivity index (χ4v) is 6.75. The standard InChI is InChI=1S/C24BF20.C8H7FNOS/c26-5-1(6(27)14(35)21(42)13(5)34)25(2-7(28)15(36)22(43)16(37)8(2)29,3-9(30)17(38)23(44)18(39)10(3)31)4-11(32)19(40)24(45)20(41)12(4)33;9-5-11-10-6-12-8-4-2-1-3-7(8)10/h;1-4,6H,5H2/q-1;+1. The molecule has 6 rings (SSSR count). The lowest BCUT2D eigenvalue weighted by Gasteiger charge is -2.44. The van der Waals surface area contributed by atoms with Gasteiger partial charge in [-0.15, -0.1) is 21.9 Å². The van der Waals surface area contributed by atoms with E-state index in [0.29, 0.717) is 0 Å². The summed E-state index contributed by atoms with van der Waals surface area (Å²) in [5.41, 5.74) is -11.7. The number of hydrogen-bond donors (Lipinski definition) is 0. The molecule has 0 saturated carbocycles. The molecule has 57 heavy (non-hydrogen) atoms. The molecule has 0 radical (unpaired) electrons. The molecule has 0 N–H and O–H groups in total. The molecule has 25 heteroatoms. The number of aromatic nitrogens is 1. The third kappa shape index (κ3) is 6.25. The molecule has 0 aliphatic carbocycles. The predicted octanol–water partition coefficient (Wildman–Crippen LogP) is 7.39. The molecule has 1 heterocycles. The second-order valence-corrected chi connectivity index (χ2v) is 11.9. The van der Waals surface area contributed by atoms with Crippen LogP contribution in [0, 0.1) is 116 Å². The Kier molecular flexibility index (Phi) is 11.5. The molecule has 0 saturated heterocycles. The third-order valence-corrected chi connectivity index (χ3v) is 9.17. The molecule has 0 amide bonds. The van der Waals surface area contributed by atoms with Crippen LogP contribution in [0.15, 0.2) is 29.8 Å². The number of thiazole rings is 1. The summed E-state index contributed by atoms with van der Waals surface area (Å²) in [7, 11) is 0. The zero-order chi connectivity index (χ0) is 42.7. The highest BCUT2D eigenvalue weighted by Crippen LogP contribution is 2.30. The van der Waals surface area contributed by atoms with E-state index in [2.05, 4.69) is 0 Å². The average Bonchev–Trinajstić information content (AvgIpc) is 3.60. The van der Waals surface area contributed by atoms with Crippen LogP contribution in [-0.2, 0) is 0 Å². The van der Waals surface area contributed by atoms with Crippen LogP contribution in [0.4, 0.5) is 92.2 Å². The highest BCUT2D eigenvalue weighted by molar-refractivity contribution is 7.20. The minimum absolute atomic E-state index is 0.800. The third-order valence-electron chi connectivity index (χ3n) is 8.27. The number of rotatable bonds is 6. The van der Waals surface area contributed by atoms with Gasteiger partial charge in [0.1, 0.15) is 57.4 Å². The van der Waals surface area contributed by atoms with Crippen LogP contribution < -0.4 is 31.4 Å². The summed E-state index contributed by atoms with van der Waals surface area (Å²) in [4.78, 5) is 4.72. The molecular formula is C32H7BF21NOS. The van der Waals surface area contributed by atoms with Crippen molar-refractivity contribution in [2.45, 2.75) is 0 Å². The molecule has 5 aromatic carbocycles. The van der Waals surface area contributed by atoms with Gasteiger partial charge in [0.2, 0.25) is 0 Å². The monoisotopic (exact) mass is 863 g/mol. The number of benzene rings is 5. The predicted molar refractivity (Wildman–Crippen MR) is 154 cm³/mol. The number of para-hydroxylation sites is 1. The van der Waals surface area contributed by atoms with E-state index < -0.39 is 151 Å². The van der Waals surface area contributed by atoms with Crippen molar-refractivity contribution in [3.63, 3.8) is 0 Å². The summed E-state index contributed by atoms with van der Waals surface area (Å²) in [5.74, 6) is -71.4. The van der Waals surface area contributed by atoms with Crippen molar-refractivity contribution in [2.24, 2.45) is 0 Å². The van der Waals surface area contributed by atoms with Gasteiger partial charge in [-0.1, -0.05) is 23.5 Å². The van der Waals surface area contributed by atoms with E-state index in [1.165, 1.54) is 16.1 Å². The zero-order valence-electron chi connectivity index (χ0n) is 26.4. The summed E-state index contributed by atoms with van der Waals surface area (Å²) < 4.78 is 308.